The fourth-order valence-corrected chi connectivity index (χ4v) is 3.92. The highest BCUT2D eigenvalue weighted by atomic mass is 32.1. The zero-order valence-corrected chi connectivity index (χ0v) is 19.7. The lowest BCUT2D eigenvalue weighted by molar-refractivity contribution is -0.124. The number of nitrogens with two attached hydrogens (primary N) is 1. The Bertz CT molecular complexity index is 1010. The second kappa shape index (κ2) is 12.0. The molecule has 1 aliphatic rings. The molecule has 14 heteroatoms. The smallest absolute Gasteiger partial charge is 0.239 e. The number of aliphatic hydroxyl groups excluding tert-OH is 4. The Hall–Kier alpha value is -2.20. The van der Waals surface area contributed by atoms with E-state index in [2.05, 4.69) is 25.6 Å². The fourth-order valence-electron chi connectivity index (χ4n) is 3.68. The van der Waals surface area contributed by atoms with Crippen LogP contribution in [-0.2, 0) is 9.53 Å². The van der Waals surface area contributed by atoms with Crippen molar-refractivity contribution in [1.82, 2.24) is 24.8 Å². The molecule has 3 unspecified atom stereocenters. The standard InChI is InChI=1S/C20H33N7O6S/c1-10(29)12(21)17(32)22-6-4-2-3-5-7-23-20-25-16-13(18(34)26-20)24-9-27(16)19-15(31)14(30)11(8-28)33-19/h9-12,14-15,19,28-31H,2-8,21H2,1H3,(H,22,32)(H2,23,25,26,34)/t10?,11-,12?,14?,15+,19-/m1/s1. The normalized spacial score (nSPS) is 24.3. The van der Waals surface area contributed by atoms with Gasteiger partial charge in [-0.15, -0.1) is 0 Å². The van der Waals surface area contributed by atoms with Crippen molar-refractivity contribution in [3.8, 4) is 0 Å². The van der Waals surface area contributed by atoms with Gasteiger partial charge in [-0.1, -0.05) is 25.1 Å². The minimum Gasteiger partial charge on any atom is -0.394 e. The third-order valence-corrected chi connectivity index (χ3v) is 6.04. The molecule has 0 spiro atoms. The summed E-state index contributed by atoms with van der Waals surface area (Å²) in [5.41, 5.74) is 6.47. The molecule has 13 nitrogen and oxygen atoms in total. The van der Waals surface area contributed by atoms with E-state index < -0.39 is 43.3 Å². The maximum Gasteiger partial charge on any atom is 0.239 e. The molecule has 2 aromatic rings. The van der Waals surface area contributed by atoms with Gasteiger partial charge in [0.1, 0.15) is 35.5 Å². The minimum atomic E-state index is -1.24. The first kappa shape index (κ1) is 26.4. The van der Waals surface area contributed by atoms with Crippen molar-refractivity contribution in [2.75, 3.05) is 25.0 Å². The molecule has 190 valence electrons. The van der Waals surface area contributed by atoms with Crippen LogP contribution in [0.4, 0.5) is 5.95 Å². The predicted octanol–water partition coefficient (Wildman–Crippen LogP) is -1.10. The number of hydrogen-bond acceptors (Lipinski definition) is 11. The molecule has 1 aliphatic heterocycles. The topological polar surface area (TPSA) is 204 Å². The quantitative estimate of drug-likeness (QED) is 0.130. The summed E-state index contributed by atoms with van der Waals surface area (Å²) in [7, 11) is 0. The van der Waals surface area contributed by atoms with Crippen LogP contribution in [0, 0.1) is 4.64 Å². The lowest BCUT2D eigenvalue weighted by atomic mass is 10.1. The monoisotopic (exact) mass is 499 g/mol. The molecule has 34 heavy (non-hydrogen) atoms. The first-order chi connectivity index (χ1) is 16.2. The van der Waals surface area contributed by atoms with Gasteiger partial charge in [0.25, 0.3) is 0 Å². The van der Waals surface area contributed by atoms with Gasteiger partial charge >= 0.3 is 0 Å². The number of rotatable bonds is 12. The lowest BCUT2D eigenvalue weighted by Gasteiger charge is -2.17. The lowest BCUT2D eigenvalue weighted by Crippen LogP contribution is -2.47. The van der Waals surface area contributed by atoms with E-state index in [0.29, 0.717) is 30.2 Å². The summed E-state index contributed by atoms with van der Waals surface area (Å²) < 4.78 is 7.38. The van der Waals surface area contributed by atoms with Crippen LogP contribution in [0.25, 0.3) is 11.2 Å². The first-order valence-electron chi connectivity index (χ1n) is 11.3. The van der Waals surface area contributed by atoms with E-state index in [4.69, 9.17) is 22.7 Å². The molecule has 2 aromatic heterocycles. The SMILES string of the molecule is CC(O)C(N)C(=O)NCCCCCCNc1nc(=S)c2ncn([C@@H]3O[C@H](CO)C(O)[C@@H]3O)c2[nH]1. The largest absolute Gasteiger partial charge is 0.394 e. The van der Waals surface area contributed by atoms with Crippen LogP contribution < -0.4 is 16.4 Å². The molecule has 3 rings (SSSR count). The molecule has 1 fully saturated rings. The second-order valence-corrected chi connectivity index (χ2v) is 8.75. The molecule has 1 saturated heterocycles. The van der Waals surface area contributed by atoms with Gasteiger partial charge in [0.15, 0.2) is 10.9 Å². The third kappa shape index (κ3) is 6.07. The highest BCUT2D eigenvalue weighted by Gasteiger charge is 2.43. The van der Waals surface area contributed by atoms with E-state index in [9.17, 15) is 25.2 Å². The Morgan fingerprint density at radius 2 is 2.00 bits per heavy atom. The number of aromatic amines is 1. The number of aliphatic hydroxyl groups is 4. The summed E-state index contributed by atoms with van der Waals surface area (Å²) in [5, 5.41) is 44.9. The van der Waals surface area contributed by atoms with E-state index in [1.807, 2.05) is 0 Å². The van der Waals surface area contributed by atoms with Crippen LogP contribution in [0.5, 0.6) is 0 Å². The average molecular weight is 500 g/mol. The van der Waals surface area contributed by atoms with Gasteiger partial charge in [-0.05, 0) is 19.8 Å². The maximum absolute atomic E-state index is 11.7. The number of ether oxygens (including phenoxy) is 1. The Morgan fingerprint density at radius 1 is 1.29 bits per heavy atom. The summed E-state index contributed by atoms with van der Waals surface area (Å²) in [5.74, 6) is 0.0786. The number of amides is 1. The Labute approximate surface area is 201 Å². The highest BCUT2D eigenvalue weighted by Crippen LogP contribution is 2.31. The van der Waals surface area contributed by atoms with Crippen LogP contribution in [-0.4, -0.2) is 96.0 Å². The number of aromatic nitrogens is 4. The number of carbonyl (C=O) groups is 1. The molecule has 3 heterocycles. The molecular formula is C20H33N7O6S. The average Bonchev–Trinajstić information content (AvgIpc) is 3.35. The number of imidazole rings is 1. The zero-order valence-electron chi connectivity index (χ0n) is 18.9. The van der Waals surface area contributed by atoms with Gasteiger partial charge in [0.05, 0.1) is 19.0 Å². The fraction of sp³-hybridized carbons (Fsp3) is 0.700. The van der Waals surface area contributed by atoms with Crippen molar-refractivity contribution in [3.05, 3.63) is 11.0 Å². The van der Waals surface area contributed by atoms with Crippen LogP contribution in [0.2, 0.25) is 0 Å². The second-order valence-electron chi connectivity index (χ2n) is 8.37. The van der Waals surface area contributed by atoms with Gasteiger partial charge in [-0.2, -0.15) is 0 Å². The van der Waals surface area contributed by atoms with Crippen molar-refractivity contribution in [1.29, 1.82) is 0 Å². The highest BCUT2D eigenvalue weighted by molar-refractivity contribution is 7.71. The Balaban J connectivity index is 1.48. The summed E-state index contributed by atoms with van der Waals surface area (Å²) in [4.78, 5) is 23.3. The summed E-state index contributed by atoms with van der Waals surface area (Å²) >= 11 is 5.33. The molecular weight excluding hydrogens is 466 g/mol. The van der Waals surface area contributed by atoms with Gasteiger partial charge in [-0.3, -0.25) is 9.36 Å². The molecule has 0 radical (unpaired) electrons. The third-order valence-electron chi connectivity index (χ3n) is 5.76. The first-order valence-corrected chi connectivity index (χ1v) is 11.7. The molecule has 9 N–H and O–H groups in total. The number of hydrogen-bond donors (Lipinski definition) is 8. The maximum atomic E-state index is 11.7. The Kier molecular flexibility index (Phi) is 9.30. The molecule has 6 atom stereocenters. The van der Waals surface area contributed by atoms with Crippen LogP contribution in [0.1, 0.15) is 38.8 Å². The molecule has 0 bridgehead atoms. The number of fused-ring (bicyclic) bond motifs is 1. The molecule has 1 amide bonds. The van der Waals surface area contributed by atoms with Gasteiger partial charge < -0.3 is 46.5 Å². The summed E-state index contributed by atoms with van der Waals surface area (Å²) in [6.07, 6.45) is -0.255. The van der Waals surface area contributed by atoms with E-state index >= 15 is 0 Å². The summed E-state index contributed by atoms with van der Waals surface area (Å²) in [6, 6.07) is -0.916. The van der Waals surface area contributed by atoms with E-state index in [1.54, 1.807) is 0 Å². The number of nitrogens with zero attached hydrogens (tertiary/aromatic N) is 3. The number of unbranched alkanes of at least 4 members (excludes halogenated alkanes) is 3. The van der Waals surface area contributed by atoms with Crippen molar-refractivity contribution in [2.45, 2.75) is 69.3 Å². The number of carbonyl (C=O) groups excluding carboxylic acids is 1. The van der Waals surface area contributed by atoms with Gasteiger partial charge in [-0.25, -0.2) is 9.97 Å². The summed E-state index contributed by atoms with van der Waals surface area (Å²) in [6.45, 7) is 2.19. The number of nitrogens with one attached hydrogen (secondary N) is 3. The zero-order chi connectivity index (χ0) is 24.8. The Morgan fingerprint density at radius 3 is 2.65 bits per heavy atom. The van der Waals surface area contributed by atoms with Crippen molar-refractivity contribution < 1.29 is 30.0 Å². The van der Waals surface area contributed by atoms with Gasteiger partial charge in [0.2, 0.25) is 11.9 Å². The number of anilines is 1. The van der Waals surface area contributed by atoms with Crippen molar-refractivity contribution >= 4 is 35.2 Å². The van der Waals surface area contributed by atoms with Crippen molar-refractivity contribution in [3.63, 3.8) is 0 Å². The number of H-pyrrole nitrogens is 1. The van der Waals surface area contributed by atoms with Gasteiger partial charge in [0, 0.05) is 13.1 Å². The molecule has 0 aliphatic carbocycles. The van der Waals surface area contributed by atoms with Crippen LogP contribution >= 0.6 is 12.2 Å². The van der Waals surface area contributed by atoms with Crippen molar-refractivity contribution in [2.24, 2.45) is 5.73 Å². The molecule has 0 saturated carbocycles. The van der Waals surface area contributed by atoms with E-state index in [-0.39, 0.29) is 10.5 Å². The predicted molar refractivity (Wildman–Crippen MR) is 125 cm³/mol. The van der Waals surface area contributed by atoms with E-state index in [0.717, 1.165) is 25.7 Å². The van der Waals surface area contributed by atoms with Crippen LogP contribution in [0.15, 0.2) is 6.33 Å². The van der Waals surface area contributed by atoms with Crippen LogP contribution in [0.3, 0.4) is 0 Å². The van der Waals surface area contributed by atoms with E-state index in [1.165, 1.54) is 17.8 Å². The molecule has 0 aromatic carbocycles. The minimum absolute atomic E-state index is 0.271.